The molecule has 1 fully saturated rings. The largest absolute Gasteiger partial charge is 0.388 e. The molecule has 1 aromatic heterocycles. The number of hydrogen-bond donors (Lipinski definition) is 1. The van der Waals surface area contributed by atoms with Crippen LogP contribution in [0.3, 0.4) is 0 Å². The third-order valence-corrected chi connectivity index (χ3v) is 4.69. The standard InChI is InChI=1S/C10H16N2OS2/c1-8(13)9-7-11-10(15-9)12-3-2-5-14-6-4-12/h7-8,13H,2-6H2,1H3. The van der Waals surface area contributed by atoms with Gasteiger partial charge in [-0.2, -0.15) is 11.8 Å². The van der Waals surface area contributed by atoms with Crippen molar-refractivity contribution >= 4 is 28.2 Å². The highest BCUT2D eigenvalue weighted by molar-refractivity contribution is 7.99. The van der Waals surface area contributed by atoms with E-state index in [1.54, 1.807) is 24.5 Å². The molecular formula is C10H16N2OS2. The van der Waals surface area contributed by atoms with E-state index in [1.165, 1.54) is 17.9 Å². The van der Waals surface area contributed by atoms with E-state index in [0.717, 1.165) is 23.1 Å². The van der Waals surface area contributed by atoms with E-state index in [0.29, 0.717) is 0 Å². The molecule has 1 N–H and O–H groups in total. The topological polar surface area (TPSA) is 36.4 Å². The molecule has 0 radical (unpaired) electrons. The van der Waals surface area contributed by atoms with Gasteiger partial charge < -0.3 is 10.0 Å². The summed E-state index contributed by atoms with van der Waals surface area (Å²) in [5.74, 6) is 2.44. The first-order valence-corrected chi connectivity index (χ1v) is 7.21. The molecule has 3 nitrogen and oxygen atoms in total. The SMILES string of the molecule is CC(O)c1cnc(N2CCCSCC2)s1. The number of aliphatic hydroxyl groups is 1. The molecule has 0 aromatic carbocycles. The maximum atomic E-state index is 9.44. The van der Waals surface area contributed by atoms with Crippen LogP contribution in [-0.4, -0.2) is 34.7 Å². The first-order chi connectivity index (χ1) is 7.27. The molecule has 0 bridgehead atoms. The van der Waals surface area contributed by atoms with E-state index in [1.807, 2.05) is 11.8 Å². The smallest absolute Gasteiger partial charge is 0.185 e. The van der Waals surface area contributed by atoms with E-state index >= 15 is 0 Å². The Kier molecular flexibility index (Phi) is 3.88. The molecule has 1 aliphatic rings. The molecule has 1 unspecified atom stereocenters. The number of thioether (sulfide) groups is 1. The van der Waals surface area contributed by atoms with Gasteiger partial charge in [0, 0.05) is 25.0 Å². The number of thiazole rings is 1. The summed E-state index contributed by atoms with van der Waals surface area (Å²) in [5.41, 5.74) is 0. The van der Waals surface area contributed by atoms with E-state index in [9.17, 15) is 5.11 Å². The van der Waals surface area contributed by atoms with Gasteiger partial charge in [-0.25, -0.2) is 4.98 Å². The van der Waals surface area contributed by atoms with E-state index < -0.39 is 6.10 Å². The van der Waals surface area contributed by atoms with Gasteiger partial charge in [0.1, 0.15) is 0 Å². The van der Waals surface area contributed by atoms with Crippen molar-refractivity contribution in [2.24, 2.45) is 0 Å². The molecule has 2 heterocycles. The van der Waals surface area contributed by atoms with Crippen LogP contribution >= 0.6 is 23.1 Å². The molecule has 1 aromatic rings. The Bertz CT molecular complexity index is 306. The van der Waals surface area contributed by atoms with Gasteiger partial charge in [0.25, 0.3) is 0 Å². The van der Waals surface area contributed by atoms with E-state index in [4.69, 9.17) is 0 Å². The summed E-state index contributed by atoms with van der Waals surface area (Å²) in [6.45, 7) is 3.97. The second-order valence-corrected chi connectivity index (χ2v) is 5.94. The molecule has 5 heteroatoms. The summed E-state index contributed by atoms with van der Waals surface area (Å²) >= 11 is 3.63. The van der Waals surface area contributed by atoms with Gasteiger partial charge in [-0.15, -0.1) is 0 Å². The minimum absolute atomic E-state index is 0.391. The number of nitrogens with zero attached hydrogens (tertiary/aromatic N) is 2. The maximum absolute atomic E-state index is 9.44. The fourth-order valence-corrected chi connectivity index (χ4v) is 3.34. The van der Waals surface area contributed by atoms with Gasteiger partial charge >= 0.3 is 0 Å². The summed E-state index contributed by atoms with van der Waals surface area (Å²) in [5, 5.41) is 10.5. The highest BCUT2D eigenvalue weighted by Gasteiger charge is 2.14. The second kappa shape index (κ2) is 5.18. The third kappa shape index (κ3) is 2.86. The van der Waals surface area contributed by atoms with Crippen molar-refractivity contribution in [3.8, 4) is 0 Å². The Morgan fingerprint density at radius 3 is 3.07 bits per heavy atom. The first-order valence-electron chi connectivity index (χ1n) is 5.24. The summed E-state index contributed by atoms with van der Waals surface area (Å²) in [6.07, 6.45) is 2.63. The number of aliphatic hydroxyl groups excluding tert-OH is 1. The van der Waals surface area contributed by atoms with Gasteiger partial charge in [0.2, 0.25) is 0 Å². The minimum Gasteiger partial charge on any atom is -0.388 e. The number of aromatic nitrogens is 1. The average molecular weight is 244 g/mol. The first kappa shape index (κ1) is 11.2. The molecule has 0 aliphatic carbocycles. The zero-order valence-corrected chi connectivity index (χ0v) is 10.5. The molecule has 0 saturated carbocycles. The minimum atomic E-state index is -0.391. The van der Waals surface area contributed by atoms with Crippen LogP contribution in [0.5, 0.6) is 0 Å². The molecule has 0 amide bonds. The van der Waals surface area contributed by atoms with Gasteiger partial charge in [0.05, 0.1) is 11.0 Å². The lowest BCUT2D eigenvalue weighted by molar-refractivity contribution is 0.203. The number of anilines is 1. The zero-order chi connectivity index (χ0) is 10.7. The summed E-state index contributed by atoms with van der Waals surface area (Å²) in [7, 11) is 0. The lowest BCUT2D eigenvalue weighted by Crippen LogP contribution is -2.25. The van der Waals surface area contributed by atoms with Crippen molar-refractivity contribution in [1.82, 2.24) is 4.98 Å². The van der Waals surface area contributed by atoms with Crippen LogP contribution in [0, 0.1) is 0 Å². The van der Waals surface area contributed by atoms with Crippen LogP contribution in [0.15, 0.2) is 6.20 Å². The van der Waals surface area contributed by atoms with Gasteiger partial charge in [0.15, 0.2) is 5.13 Å². The summed E-state index contributed by atoms with van der Waals surface area (Å²) in [4.78, 5) is 7.67. The molecule has 1 aliphatic heterocycles. The zero-order valence-electron chi connectivity index (χ0n) is 8.85. The van der Waals surface area contributed by atoms with Crippen molar-refractivity contribution in [2.75, 3.05) is 29.5 Å². The number of rotatable bonds is 2. The van der Waals surface area contributed by atoms with Crippen molar-refractivity contribution in [1.29, 1.82) is 0 Å². The lowest BCUT2D eigenvalue weighted by atomic mass is 10.4. The van der Waals surface area contributed by atoms with Gasteiger partial charge in [-0.05, 0) is 19.1 Å². The predicted octanol–water partition coefficient (Wildman–Crippen LogP) is 2.14. The van der Waals surface area contributed by atoms with Crippen LogP contribution in [0.1, 0.15) is 24.3 Å². The fourth-order valence-electron chi connectivity index (χ4n) is 1.55. The Balaban J connectivity index is 2.06. The van der Waals surface area contributed by atoms with Gasteiger partial charge in [-0.1, -0.05) is 11.3 Å². The molecule has 84 valence electrons. The van der Waals surface area contributed by atoms with Crippen molar-refractivity contribution in [2.45, 2.75) is 19.4 Å². The summed E-state index contributed by atoms with van der Waals surface area (Å²) in [6, 6.07) is 0. The van der Waals surface area contributed by atoms with Crippen LogP contribution in [0.25, 0.3) is 0 Å². The van der Waals surface area contributed by atoms with E-state index in [2.05, 4.69) is 9.88 Å². The lowest BCUT2D eigenvalue weighted by Gasteiger charge is -2.18. The third-order valence-electron chi connectivity index (χ3n) is 2.42. The molecule has 2 rings (SSSR count). The second-order valence-electron chi connectivity index (χ2n) is 3.67. The Labute approximate surface area is 98.5 Å². The monoisotopic (exact) mass is 244 g/mol. The number of hydrogen-bond acceptors (Lipinski definition) is 5. The highest BCUT2D eigenvalue weighted by atomic mass is 32.2. The summed E-state index contributed by atoms with van der Waals surface area (Å²) < 4.78 is 0. The van der Waals surface area contributed by atoms with Crippen LogP contribution < -0.4 is 4.90 Å². The average Bonchev–Trinajstić information content (AvgIpc) is 2.55. The molecular weight excluding hydrogens is 228 g/mol. The normalized spacial score (nSPS) is 20.0. The predicted molar refractivity (Wildman–Crippen MR) is 66.9 cm³/mol. The Morgan fingerprint density at radius 1 is 1.47 bits per heavy atom. The Morgan fingerprint density at radius 2 is 2.33 bits per heavy atom. The van der Waals surface area contributed by atoms with Crippen LogP contribution in [0.4, 0.5) is 5.13 Å². The molecule has 1 atom stereocenters. The van der Waals surface area contributed by atoms with Crippen LogP contribution in [-0.2, 0) is 0 Å². The highest BCUT2D eigenvalue weighted by Crippen LogP contribution is 2.28. The molecule has 0 spiro atoms. The molecule has 15 heavy (non-hydrogen) atoms. The van der Waals surface area contributed by atoms with Crippen molar-refractivity contribution in [3.63, 3.8) is 0 Å². The van der Waals surface area contributed by atoms with Gasteiger partial charge in [-0.3, -0.25) is 0 Å². The van der Waals surface area contributed by atoms with Crippen molar-refractivity contribution in [3.05, 3.63) is 11.1 Å². The van der Waals surface area contributed by atoms with E-state index in [-0.39, 0.29) is 0 Å². The maximum Gasteiger partial charge on any atom is 0.185 e. The van der Waals surface area contributed by atoms with Crippen LogP contribution in [0.2, 0.25) is 0 Å². The van der Waals surface area contributed by atoms with Crippen molar-refractivity contribution < 1.29 is 5.11 Å². The Hall–Kier alpha value is -0.260. The quantitative estimate of drug-likeness (QED) is 0.865. The molecule has 1 saturated heterocycles. The fraction of sp³-hybridized carbons (Fsp3) is 0.700.